The van der Waals surface area contributed by atoms with E-state index in [2.05, 4.69) is 39.9 Å². The number of aryl methyl sites for hydroxylation is 1. The van der Waals surface area contributed by atoms with E-state index >= 15 is 0 Å². The van der Waals surface area contributed by atoms with Crippen LogP contribution in [0.3, 0.4) is 0 Å². The highest BCUT2D eigenvalue weighted by Gasteiger charge is 2.28. The van der Waals surface area contributed by atoms with E-state index in [4.69, 9.17) is 0 Å². The van der Waals surface area contributed by atoms with Crippen LogP contribution in [-0.4, -0.2) is 65.3 Å². The van der Waals surface area contributed by atoms with Crippen molar-refractivity contribution in [2.24, 2.45) is 5.92 Å². The first-order chi connectivity index (χ1) is 12.7. The summed E-state index contributed by atoms with van der Waals surface area (Å²) in [5.74, 6) is 0.727. The molecule has 2 aliphatic heterocycles. The molecule has 140 valence electrons. The van der Waals surface area contributed by atoms with Crippen LogP contribution in [0.25, 0.3) is 0 Å². The van der Waals surface area contributed by atoms with Gasteiger partial charge in [-0.05, 0) is 43.8 Å². The summed E-state index contributed by atoms with van der Waals surface area (Å²) in [6.07, 6.45) is 3.85. The molecule has 7 heteroatoms. The van der Waals surface area contributed by atoms with Gasteiger partial charge in [-0.1, -0.05) is 6.07 Å². The van der Waals surface area contributed by atoms with Crippen LogP contribution in [0.2, 0.25) is 0 Å². The van der Waals surface area contributed by atoms with E-state index in [0.717, 1.165) is 69.9 Å². The summed E-state index contributed by atoms with van der Waals surface area (Å²) in [7, 11) is 2.11. The van der Waals surface area contributed by atoms with E-state index in [9.17, 15) is 4.79 Å². The Morgan fingerprint density at radius 1 is 1.31 bits per heavy atom. The first-order valence-electron chi connectivity index (χ1n) is 9.46. The predicted octanol–water partition coefficient (Wildman–Crippen LogP) is 1.68. The van der Waals surface area contributed by atoms with Crippen LogP contribution < -0.4 is 5.32 Å². The van der Waals surface area contributed by atoms with E-state index in [1.165, 1.54) is 4.88 Å². The molecular formula is C19H27N5OS. The highest BCUT2D eigenvalue weighted by molar-refractivity contribution is 7.09. The number of rotatable bonds is 5. The van der Waals surface area contributed by atoms with Crippen LogP contribution >= 0.6 is 11.3 Å². The quantitative estimate of drug-likeness (QED) is 0.867. The molecule has 1 saturated heterocycles. The van der Waals surface area contributed by atoms with E-state index < -0.39 is 0 Å². The molecule has 0 aliphatic carbocycles. The van der Waals surface area contributed by atoms with Gasteiger partial charge in [0.15, 0.2) is 0 Å². The van der Waals surface area contributed by atoms with Gasteiger partial charge < -0.3 is 15.1 Å². The molecular weight excluding hydrogens is 346 g/mol. The lowest BCUT2D eigenvalue weighted by Crippen LogP contribution is -2.47. The van der Waals surface area contributed by atoms with E-state index in [-0.39, 0.29) is 5.91 Å². The normalized spacial score (nSPS) is 21.0. The van der Waals surface area contributed by atoms with Gasteiger partial charge in [0.05, 0.1) is 17.5 Å². The summed E-state index contributed by atoms with van der Waals surface area (Å²) < 4.78 is 2.04. The third-order valence-corrected chi connectivity index (χ3v) is 6.39. The number of aromatic nitrogens is 2. The van der Waals surface area contributed by atoms with Crippen molar-refractivity contribution in [3.63, 3.8) is 0 Å². The Balaban J connectivity index is 1.37. The first-order valence-corrected chi connectivity index (χ1v) is 10.3. The number of carbonyl (C=O) groups is 1. The molecule has 0 bridgehead atoms. The molecule has 1 amide bonds. The highest BCUT2D eigenvalue weighted by Crippen LogP contribution is 2.24. The van der Waals surface area contributed by atoms with Crippen molar-refractivity contribution in [3.05, 3.63) is 39.8 Å². The molecule has 4 rings (SSSR count). The second-order valence-electron chi connectivity index (χ2n) is 7.39. The van der Waals surface area contributed by atoms with Crippen LogP contribution in [0.1, 0.15) is 27.3 Å². The number of fused-ring (bicyclic) bond motifs is 1. The van der Waals surface area contributed by atoms with Crippen LogP contribution in [0.5, 0.6) is 0 Å². The minimum atomic E-state index is 0.159. The van der Waals surface area contributed by atoms with Gasteiger partial charge in [0.2, 0.25) is 0 Å². The van der Waals surface area contributed by atoms with Gasteiger partial charge in [-0.3, -0.25) is 9.48 Å². The maximum Gasteiger partial charge on any atom is 0.257 e. The maximum absolute atomic E-state index is 13.0. The van der Waals surface area contributed by atoms with Gasteiger partial charge in [0.25, 0.3) is 5.91 Å². The number of amides is 1. The minimum Gasteiger partial charge on any atom is -0.336 e. The van der Waals surface area contributed by atoms with Crippen LogP contribution in [-0.2, 0) is 19.5 Å². The lowest BCUT2D eigenvalue weighted by Gasteiger charge is -2.32. The zero-order valence-electron chi connectivity index (χ0n) is 15.4. The lowest BCUT2D eigenvalue weighted by molar-refractivity contribution is 0.0662. The summed E-state index contributed by atoms with van der Waals surface area (Å²) in [6.45, 7) is 6.36. The molecule has 0 spiro atoms. The van der Waals surface area contributed by atoms with Crippen molar-refractivity contribution in [1.82, 2.24) is 24.9 Å². The Hall–Kier alpha value is -1.70. The van der Waals surface area contributed by atoms with Crippen molar-refractivity contribution >= 4 is 17.2 Å². The van der Waals surface area contributed by atoms with Crippen molar-refractivity contribution in [3.8, 4) is 0 Å². The topological polar surface area (TPSA) is 53.4 Å². The maximum atomic E-state index is 13.0. The van der Waals surface area contributed by atoms with Crippen LogP contribution in [0.15, 0.2) is 23.7 Å². The monoisotopic (exact) mass is 373 g/mol. The third kappa shape index (κ3) is 3.84. The second-order valence-corrected chi connectivity index (χ2v) is 8.42. The van der Waals surface area contributed by atoms with Crippen LogP contribution in [0, 0.1) is 5.92 Å². The number of nitrogens with one attached hydrogen (secondary N) is 1. The molecule has 0 unspecified atom stereocenters. The lowest BCUT2D eigenvalue weighted by atomic mass is 9.94. The van der Waals surface area contributed by atoms with E-state index in [1.807, 2.05) is 9.58 Å². The zero-order valence-corrected chi connectivity index (χ0v) is 16.2. The molecule has 2 aliphatic rings. The molecule has 6 nitrogen and oxygen atoms in total. The van der Waals surface area contributed by atoms with Crippen LogP contribution in [0.4, 0.5) is 0 Å². The Morgan fingerprint density at radius 2 is 2.15 bits per heavy atom. The summed E-state index contributed by atoms with van der Waals surface area (Å²) in [6, 6.07) is 4.26. The van der Waals surface area contributed by atoms with Gasteiger partial charge in [-0.15, -0.1) is 11.3 Å². The number of likely N-dealkylation sites (N-methyl/N-ethyl adjacent to an activating group) is 1. The Kier molecular flexibility index (Phi) is 5.38. The fourth-order valence-electron chi connectivity index (χ4n) is 3.84. The highest BCUT2D eigenvalue weighted by atomic mass is 32.1. The van der Waals surface area contributed by atoms with Gasteiger partial charge in [-0.25, -0.2) is 0 Å². The summed E-state index contributed by atoms with van der Waals surface area (Å²) in [5.41, 5.74) is 1.95. The molecule has 1 fully saturated rings. The van der Waals surface area contributed by atoms with Crippen molar-refractivity contribution in [2.45, 2.75) is 25.9 Å². The largest absolute Gasteiger partial charge is 0.336 e. The molecule has 26 heavy (non-hydrogen) atoms. The summed E-state index contributed by atoms with van der Waals surface area (Å²) in [4.78, 5) is 18.6. The van der Waals surface area contributed by atoms with E-state index in [1.54, 1.807) is 17.5 Å². The first kappa shape index (κ1) is 17.7. The average Bonchev–Trinajstić information content (AvgIpc) is 3.31. The number of nitrogens with zero attached hydrogens (tertiary/aromatic N) is 4. The fourth-order valence-corrected chi connectivity index (χ4v) is 4.52. The molecule has 0 aromatic carbocycles. The SMILES string of the molecule is CN1CCN(C(=O)c2cnn3c2C[C@@H](CNCc2cccs2)CC3)CC1. The third-order valence-electron chi connectivity index (χ3n) is 5.51. The molecule has 1 N–H and O–H groups in total. The average molecular weight is 374 g/mol. The molecule has 2 aromatic heterocycles. The molecule has 4 heterocycles. The molecule has 0 radical (unpaired) electrons. The second kappa shape index (κ2) is 7.90. The Bertz CT molecular complexity index is 733. The van der Waals surface area contributed by atoms with Gasteiger partial charge >= 0.3 is 0 Å². The van der Waals surface area contributed by atoms with Crippen molar-refractivity contribution < 1.29 is 4.79 Å². The Labute approximate surface area is 158 Å². The number of carbonyl (C=O) groups excluding carboxylic acids is 1. The minimum absolute atomic E-state index is 0.159. The van der Waals surface area contributed by atoms with Gasteiger partial charge in [-0.2, -0.15) is 5.10 Å². The van der Waals surface area contributed by atoms with Gasteiger partial charge in [0, 0.05) is 44.1 Å². The molecule has 0 saturated carbocycles. The molecule has 2 aromatic rings. The summed E-state index contributed by atoms with van der Waals surface area (Å²) >= 11 is 1.79. The summed E-state index contributed by atoms with van der Waals surface area (Å²) in [5, 5.41) is 10.2. The number of hydrogen-bond donors (Lipinski definition) is 1. The molecule has 1 atom stereocenters. The van der Waals surface area contributed by atoms with E-state index in [0.29, 0.717) is 5.92 Å². The smallest absolute Gasteiger partial charge is 0.257 e. The number of piperazine rings is 1. The number of hydrogen-bond acceptors (Lipinski definition) is 5. The van der Waals surface area contributed by atoms with Gasteiger partial charge in [0.1, 0.15) is 0 Å². The Morgan fingerprint density at radius 3 is 2.92 bits per heavy atom. The zero-order chi connectivity index (χ0) is 17.9. The number of thiophene rings is 1. The fraction of sp³-hybridized carbons (Fsp3) is 0.579. The van der Waals surface area contributed by atoms with Crippen molar-refractivity contribution in [1.29, 1.82) is 0 Å². The standard InChI is InChI=1S/C19H27N5OS/c1-22-6-8-23(9-7-22)19(25)17-14-21-24-5-4-15(11-18(17)24)12-20-13-16-3-2-10-26-16/h2-3,10,14-15,20H,4-9,11-13H2,1H3/t15-/m0/s1. The predicted molar refractivity (Wildman–Crippen MR) is 103 cm³/mol. The van der Waals surface area contributed by atoms with Crippen molar-refractivity contribution in [2.75, 3.05) is 39.8 Å².